The summed E-state index contributed by atoms with van der Waals surface area (Å²) in [7, 11) is 1.63. The van der Waals surface area contributed by atoms with Crippen LogP contribution >= 0.6 is 0 Å². The normalized spacial score (nSPS) is 26.4. The van der Waals surface area contributed by atoms with E-state index >= 15 is 0 Å². The van der Waals surface area contributed by atoms with Crippen molar-refractivity contribution in [2.45, 2.75) is 39.7 Å². The van der Waals surface area contributed by atoms with E-state index in [0.29, 0.717) is 5.57 Å². The SMILES string of the molecule is COC1CCC(C)(C)C(C(=O)O)=C1C. The van der Waals surface area contributed by atoms with E-state index in [0.717, 1.165) is 18.4 Å². The maximum atomic E-state index is 11.1. The highest BCUT2D eigenvalue weighted by atomic mass is 16.5. The molecule has 1 atom stereocenters. The first-order valence-corrected chi connectivity index (χ1v) is 4.87. The van der Waals surface area contributed by atoms with Gasteiger partial charge in [-0.15, -0.1) is 0 Å². The minimum absolute atomic E-state index is 0.0193. The molecule has 0 saturated carbocycles. The average molecular weight is 198 g/mol. The summed E-state index contributed by atoms with van der Waals surface area (Å²) in [5.41, 5.74) is 1.16. The highest BCUT2D eigenvalue weighted by Crippen LogP contribution is 2.40. The lowest BCUT2D eigenvalue weighted by Gasteiger charge is -2.35. The second-order valence-corrected chi connectivity index (χ2v) is 4.51. The van der Waals surface area contributed by atoms with Crippen LogP contribution in [0.15, 0.2) is 11.1 Å². The van der Waals surface area contributed by atoms with Gasteiger partial charge in [-0.25, -0.2) is 4.79 Å². The largest absolute Gasteiger partial charge is 0.478 e. The molecule has 80 valence electrons. The highest BCUT2D eigenvalue weighted by molar-refractivity contribution is 5.89. The lowest BCUT2D eigenvalue weighted by molar-refractivity contribution is -0.134. The number of carboxylic acid groups (broad SMARTS) is 1. The fourth-order valence-corrected chi connectivity index (χ4v) is 2.28. The van der Waals surface area contributed by atoms with Crippen LogP contribution in [0.5, 0.6) is 0 Å². The van der Waals surface area contributed by atoms with Crippen molar-refractivity contribution in [3.8, 4) is 0 Å². The van der Waals surface area contributed by atoms with Gasteiger partial charge in [0.1, 0.15) is 0 Å². The van der Waals surface area contributed by atoms with Crippen molar-refractivity contribution < 1.29 is 14.6 Å². The molecule has 3 nitrogen and oxygen atoms in total. The molecule has 1 unspecified atom stereocenters. The van der Waals surface area contributed by atoms with E-state index in [-0.39, 0.29) is 11.5 Å². The lowest BCUT2D eigenvalue weighted by Crippen LogP contribution is -2.32. The summed E-state index contributed by atoms with van der Waals surface area (Å²) in [6.45, 7) is 5.82. The maximum absolute atomic E-state index is 11.1. The van der Waals surface area contributed by atoms with Gasteiger partial charge in [0.2, 0.25) is 0 Å². The summed E-state index contributed by atoms with van der Waals surface area (Å²) in [6, 6.07) is 0. The summed E-state index contributed by atoms with van der Waals surface area (Å²) in [6.07, 6.45) is 1.76. The zero-order valence-corrected chi connectivity index (χ0v) is 9.26. The van der Waals surface area contributed by atoms with Gasteiger partial charge in [-0.1, -0.05) is 13.8 Å². The van der Waals surface area contributed by atoms with Crippen molar-refractivity contribution in [1.82, 2.24) is 0 Å². The third-order valence-electron chi connectivity index (χ3n) is 3.08. The molecule has 1 N–H and O–H groups in total. The number of hydrogen-bond donors (Lipinski definition) is 1. The smallest absolute Gasteiger partial charge is 0.332 e. The number of aliphatic carboxylic acids is 1. The zero-order valence-electron chi connectivity index (χ0n) is 9.26. The minimum atomic E-state index is -0.811. The van der Waals surface area contributed by atoms with Gasteiger partial charge in [-0.3, -0.25) is 0 Å². The number of hydrogen-bond acceptors (Lipinski definition) is 2. The molecular weight excluding hydrogens is 180 g/mol. The lowest BCUT2D eigenvalue weighted by atomic mass is 9.72. The molecule has 0 spiro atoms. The van der Waals surface area contributed by atoms with Crippen molar-refractivity contribution in [3.05, 3.63) is 11.1 Å². The van der Waals surface area contributed by atoms with Crippen LogP contribution in [0.2, 0.25) is 0 Å². The molecule has 1 aliphatic carbocycles. The van der Waals surface area contributed by atoms with Crippen molar-refractivity contribution >= 4 is 5.97 Å². The van der Waals surface area contributed by atoms with E-state index in [9.17, 15) is 4.79 Å². The summed E-state index contributed by atoms with van der Waals surface area (Å²) < 4.78 is 5.26. The van der Waals surface area contributed by atoms with Crippen molar-refractivity contribution in [3.63, 3.8) is 0 Å². The Hall–Kier alpha value is -0.830. The fraction of sp³-hybridized carbons (Fsp3) is 0.727. The molecule has 0 bridgehead atoms. The van der Waals surface area contributed by atoms with Gasteiger partial charge in [0, 0.05) is 12.7 Å². The second-order valence-electron chi connectivity index (χ2n) is 4.51. The van der Waals surface area contributed by atoms with Crippen LogP contribution in [-0.2, 0) is 9.53 Å². The maximum Gasteiger partial charge on any atom is 0.332 e. The number of rotatable bonds is 2. The van der Waals surface area contributed by atoms with Crippen LogP contribution in [0.1, 0.15) is 33.6 Å². The molecule has 0 aromatic heterocycles. The van der Waals surface area contributed by atoms with Crippen molar-refractivity contribution in [1.29, 1.82) is 0 Å². The molecule has 0 fully saturated rings. The van der Waals surface area contributed by atoms with E-state index in [1.807, 2.05) is 20.8 Å². The van der Waals surface area contributed by atoms with Gasteiger partial charge in [-0.2, -0.15) is 0 Å². The van der Waals surface area contributed by atoms with E-state index in [1.165, 1.54) is 0 Å². The summed E-state index contributed by atoms with van der Waals surface area (Å²) in [5, 5.41) is 9.14. The first-order chi connectivity index (χ1) is 6.40. The summed E-state index contributed by atoms with van der Waals surface area (Å²) in [5.74, 6) is -0.811. The van der Waals surface area contributed by atoms with Crippen LogP contribution in [0.3, 0.4) is 0 Å². The van der Waals surface area contributed by atoms with E-state index < -0.39 is 5.97 Å². The van der Waals surface area contributed by atoms with Crippen LogP contribution in [0.25, 0.3) is 0 Å². The monoisotopic (exact) mass is 198 g/mol. The van der Waals surface area contributed by atoms with Crippen molar-refractivity contribution in [2.75, 3.05) is 7.11 Å². The molecule has 0 aromatic rings. The minimum Gasteiger partial charge on any atom is -0.478 e. The Kier molecular flexibility index (Phi) is 3.00. The van der Waals surface area contributed by atoms with Gasteiger partial charge in [-0.05, 0) is 30.8 Å². The molecule has 0 aliphatic heterocycles. The second kappa shape index (κ2) is 3.73. The van der Waals surface area contributed by atoms with E-state index in [4.69, 9.17) is 9.84 Å². The molecular formula is C11H18O3. The summed E-state index contributed by atoms with van der Waals surface area (Å²) in [4.78, 5) is 11.1. The molecule has 14 heavy (non-hydrogen) atoms. The average Bonchev–Trinajstić information content (AvgIpc) is 2.02. The van der Waals surface area contributed by atoms with E-state index in [1.54, 1.807) is 7.11 Å². The van der Waals surface area contributed by atoms with Gasteiger partial charge < -0.3 is 9.84 Å². The quantitative estimate of drug-likeness (QED) is 0.740. The number of carbonyl (C=O) groups is 1. The standard InChI is InChI=1S/C11H18O3/c1-7-8(14-4)5-6-11(2,3)9(7)10(12)13/h8H,5-6H2,1-4H3,(H,12,13). The number of methoxy groups -OCH3 is 1. The third kappa shape index (κ3) is 1.82. The van der Waals surface area contributed by atoms with Crippen LogP contribution in [0, 0.1) is 5.41 Å². The Labute approximate surface area is 84.8 Å². The first kappa shape index (κ1) is 11.2. The van der Waals surface area contributed by atoms with Gasteiger partial charge in [0.25, 0.3) is 0 Å². The molecule has 3 heteroatoms. The molecule has 0 saturated heterocycles. The van der Waals surface area contributed by atoms with Crippen LogP contribution in [0.4, 0.5) is 0 Å². The Morgan fingerprint density at radius 2 is 2.14 bits per heavy atom. The molecule has 0 radical (unpaired) electrons. The number of ether oxygens (including phenoxy) is 1. The Bertz CT molecular complexity index is 276. The molecule has 1 rings (SSSR count). The predicted octanol–water partition coefficient (Wildman–Crippen LogP) is 2.22. The first-order valence-electron chi connectivity index (χ1n) is 4.87. The Morgan fingerprint density at radius 3 is 2.57 bits per heavy atom. The van der Waals surface area contributed by atoms with Crippen LogP contribution < -0.4 is 0 Å². The molecule has 0 amide bonds. The van der Waals surface area contributed by atoms with Gasteiger partial charge in [0.05, 0.1) is 6.10 Å². The topological polar surface area (TPSA) is 46.5 Å². The Morgan fingerprint density at radius 1 is 1.57 bits per heavy atom. The molecule has 1 aliphatic rings. The highest BCUT2D eigenvalue weighted by Gasteiger charge is 2.36. The third-order valence-corrected chi connectivity index (χ3v) is 3.08. The van der Waals surface area contributed by atoms with Crippen LogP contribution in [-0.4, -0.2) is 24.3 Å². The molecule has 0 heterocycles. The van der Waals surface area contributed by atoms with Gasteiger partial charge in [0.15, 0.2) is 0 Å². The zero-order chi connectivity index (χ0) is 10.9. The van der Waals surface area contributed by atoms with Crippen molar-refractivity contribution in [2.24, 2.45) is 5.41 Å². The van der Waals surface area contributed by atoms with E-state index in [2.05, 4.69) is 0 Å². The number of carboxylic acids is 1. The Balaban J connectivity index is 3.15. The summed E-state index contributed by atoms with van der Waals surface area (Å²) >= 11 is 0. The fourth-order valence-electron chi connectivity index (χ4n) is 2.28. The molecule has 0 aromatic carbocycles. The van der Waals surface area contributed by atoms with Gasteiger partial charge >= 0.3 is 5.97 Å². The predicted molar refractivity (Wildman–Crippen MR) is 54.1 cm³/mol.